The van der Waals surface area contributed by atoms with Crippen molar-refractivity contribution in [2.45, 2.75) is 46.6 Å². The Hall–Kier alpha value is -2.83. The summed E-state index contributed by atoms with van der Waals surface area (Å²) in [5.41, 5.74) is 3.08. The number of nitrogens with one attached hydrogen (secondary N) is 2. The van der Waals surface area contributed by atoms with Crippen LogP contribution in [0.15, 0.2) is 39.9 Å². The number of oxazole rings is 1. The summed E-state index contributed by atoms with van der Waals surface area (Å²) in [5, 5.41) is 6.75. The second-order valence-electron chi connectivity index (χ2n) is 8.09. The van der Waals surface area contributed by atoms with Gasteiger partial charge in [-0.3, -0.25) is 9.79 Å². The summed E-state index contributed by atoms with van der Waals surface area (Å²) in [5.74, 6) is 1.68. The highest BCUT2D eigenvalue weighted by Gasteiger charge is 2.27. The lowest BCUT2D eigenvalue weighted by Crippen LogP contribution is -2.45. The van der Waals surface area contributed by atoms with E-state index in [0.29, 0.717) is 18.9 Å². The Balaban J connectivity index is 1.53. The summed E-state index contributed by atoms with van der Waals surface area (Å²) >= 11 is 0. The molecule has 0 spiro atoms. The lowest BCUT2D eigenvalue weighted by molar-refractivity contribution is -0.133. The Labute approximate surface area is 179 Å². The fourth-order valence-corrected chi connectivity index (χ4v) is 3.49. The number of hydrogen-bond donors (Lipinski definition) is 2. The van der Waals surface area contributed by atoms with Gasteiger partial charge in [0.15, 0.2) is 5.96 Å². The van der Waals surface area contributed by atoms with E-state index in [1.165, 1.54) is 5.56 Å². The van der Waals surface area contributed by atoms with Gasteiger partial charge >= 0.3 is 0 Å². The van der Waals surface area contributed by atoms with Crippen LogP contribution in [-0.2, 0) is 11.2 Å². The zero-order valence-electron chi connectivity index (χ0n) is 18.4. The van der Waals surface area contributed by atoms with Gasteiger partial charge < -0.3 is 20.0 Å². The molecule has 1 amide bonds. The Bertz CT molecular complexity index is 857. The standard InChI is InChI=1S/C23H33N5O2/c1-5-24-23(27-19-11-13-28(14-19)22(29)16(2)3)25-12-10-20-15-30-21(26-20)18-8-6-17(4)7-9-18/h6-9,15-16,19H,5,10-14H2,1-4H3,(H2,24,25,27). The Morgan fingerprint density at radius 3 is 2.80 bits per heavy atom. The summed E-state index contributed by atoms with van der Waals surface area (Å²) < 4.78 is 5.63. The molecule has 1 atom stereocenters. The smallest absolute Gasteiger partial charge is 0.226 e. The molecule has 1 unspecified atom stereocenters. The average molecular weight is 412 g/mol. The number of aryl methyl sites for hydroxylation is 1. The molecule has 0 aliphatic carbocycles. The molecule has 0 radical (unpaired) electrons. The van der Waals surface area contributed by atoms with Crippen molar-refractivity contribution in [3.8, 4) is 11.5 Å². The largest absolute Gasteiger partial charge is 0.444 e. The van der Waals surface area contributed by atoms with Crippen molar-refractivity contribution < 1.29 is 9.21 Å². The molecular formula is C23H33N5O2. The van der Waals surface area contributed by atoms with Gasteiger partial charge in [0.25, 0.3) is 0 Å². The van der Waals surface area contributed by atoms with Gasteiger partial charge in [-0.1, -0.05) is 31.5 Å². The van der Waals surface area contributed by atoms with E-state index in [1.54, 1.807) is 6.26 Å². The first-order valence-electron chi connectivity index (χ1n) is 10.8. The predicted octanol–water partition coefficient (Wildman–Crippen LogP) is 3.00. The maximum Gasteiger partial charge on any atom is 0.226 e. The molecule has 1 aromatic heterocycles. The van der Waals surface area contributed by atoms with Crippen LogP contribution in [0.2, 0.25) is 0 Å². The van der Waals surface area contributed by atoms with Crippen molar-refractivity contribution >= 4 is 11.9 Å². The molecule has 2 N–H and O–H groups in total. The third-order valence-corrected chi connectivity index (χ3v) is 5.17. The van der Waals surface area contributed by atoms with Crippen molar-refractivity contribution in [1.82, 2.24) is 20.5 Å². The quantitative estimate of drug-likeness (QED) is 0.541. The highest BCUT2D eigenvalue weighted by atomic mass is 16.3. The summed E-state index contributed by atoms with van der Waals surface area (Å²) in [6, 6.07) is 8.37. The van der Waals surface area contributed by atoms with E-state index in [2.05, 4.69) is 39.7 Å². The monoisotopic (exact) mass is 411 g/mol. The van der Waals surface area contributed by atoms with E-state index in [1.807, 2.05) is 37.8 Å². The zero-order valence-corrected chi connectivity index (χ0v) is 18.4. The van der Waals surface area contributed by atoms with E-state index < -0.39 is 0 Å². The van der Waals surface area contributed by atoms with Gasteiger partial charge in [0.2, 0.25) is 11.8 Å². The Kier molecular flexibility index (Phi) is 7.49. The maximum atomic E-state index is 12.2. The minimum absolute atomic E-state index is 0.0397. The highest BCUT2D eigenvalue weighted by Crippen LogP contribution is 2.19. The molecule has 162 valence electrons. The van der Waals surface area contributed by atoms with Gasteiger partial charge in [-0.15, -0.1) is 0 Å². The second-order valence-corrected chi connectivity index (χ2v) is 8.09. The third-order valence-electron chi connectivity index (χ3n) is 5.17. The summed E-state index contributed by atoms with van der Waals surface area (Å²) in [7, 11) is 0. The van der Waals surface area contributed by atoms with Gasteiger partial charge in [0.05, 0.1) is 5.69 Å². The summed E-state index contributed by atoms with van der Waals surface area (Å²) in [4.78, 5) is 23.4. The zero-order chi connectivity index (χ0) is 21.5. The number of amides is 1. The molecule has 1 saturated heterocycles. The van der Waals surface area contributed by atoms with Crippen molar-refractivity contribution in [1.29, 1.82) is 0 Å². The van der Waals surface area contributed by atoms with Crippen LogP contribution >= 0.6 is 0 Å². The van der Waals surface area contributed by atoms with Crippen molar-refractivity contribution in [3.63, 3.8) is 0 Å². The van der Waals surface area contributed by atoms with Crippen LogP contribution in [0.4, 0.5) is 0 Å². The Morgan fingerprint density at radius 2 is 2.10 bits per heavy atom. The van der Waals surface area contributed by atoms with Crippen molar-refractivity contribution in [3.05, 3.63) is 41.8 Å². The molecule has 1 fully saturated rings. The first-order chi connectivity index (χ1) is 14.5. The molecule has 7 nitrogen and oxygen atoms in total. The molecule has 1 aromatic carbocycles. The molecule has 1 aliphatic rings. The van der Waals surface area contributed by atoms with Crippen LogP contribution in [0.5, 0.6) is 0 Å². The third kappa shape index (κ3) is 5.84. The normalized spacial score (nSPS) is 16.9. The number of likely N-dealkylation sites (tertiary alicyclic amines) is 1. The number of guanidine groups is 1. The number of hydrogen-bond acceptors (Lipinski definition) is 4. The fourth-order valence-electron chi connectivity index (χ4n) is 3.49. The van der Waals surface area contributed by atoms with Crippen LogP contribution in [0.1, 0.15) is 38.4 Å². The molecule has 2 aromatic rings. The first-order valence-corrected chi connectivity index (χ1v) is 10.8. The molecule has 3 rings (SSSR count). The number of nitrogens with zero attached hydrogens (tertiary/aromatic N) is 3. The van der Waals surface area contributed by atoms with Crippen LogP contribution < -0.4 is 10.6 Å². The van der Waals surface area contributed by atoms with Crippen LogP contribution in [0.25, 0.3) is 11.5 Å². The summed E-state index contributed by atoms with van der Waals surface area (Å²) in [6.07, 6.45) is 3.35. The first kappa shape index (κ1) is 21.9. The molecule has 7 heteroatoms. The topological polar surface area (TPSA) is 82.8 Å². The number of carbonyl (C=O) groups is 1. The van der Waals surface area contributed by atoms with Crippen LogP contribution in [-0.4, -0.2) is 54.0 Å². The average Bonchev–Trinajstić information content (AvgIpc) is 3.38. The van der Waals surface area contributed by atoms with Gasteiger partial charge in [-0.05, 0) is 32.4 Å². The lowest BCUT2D eigenvalue weighted by Gasteiger charge is -2.20. The molecule has 1 aliphatic heterocycles. The van der Waals surface area contributed by atoms with Crippen LogP contribution in [0.3, 0.4) is 0 Å². The SMILES string of the molecule is CCNC(=NCCc1coc(-c2ccc(C)cc2)n1)NC1CCN(C(=O)C(C)C)C1. The fraction of sp³-hybridized carbons (Fsp3) is 0.522. The minimum Gasteiger partial charge on any atom is -0.444 e. The van der Waals surface area contributed by atoms with Crippen LogP contribution in [0, 0.1) is 12.8 Å². The van der Waals surface area contributed by atoms with Gasteiger partial charge in [-0.25, -0.2) is 4.98 Å². The Morgan fingerprint density at radius 1 is 1.33 bits per heavy atom. The van der Waals surface area contributed by atoms with E-state index in [4.69, 9.17) is 4.42 Å². The molecule has 2 heterocycles. The number of benzene rings is 1. The number of carbonyl (C=O) groups excluding carboxylic acids is 1. The van der Waals surface area contributed by atoms with Gasteiger partial charge in [0.1, 0.15) is 6.26 Å². The molecule has 0 saturated carbocycles. The lowest BCUT2D eigenvalue weighted by atomic mass is 10.1. The molecule has 0 bridgehead atoms. The maximum absolute atomic E-state index is 12.2. The van der Waals surface area contributed by atoms with E-state index in [-0.39, 0.29) is 17.9 Å². The van der Waals surface area contributed by atoms with E-state index in [9.17, 15) is 4.79 Å². The van der Waals surface area contributed by atoms with E-state index in [0.717, 1.165) is 43.3 Å². The van der Waals surface area contributed by atoms with E-state index >= 15 is 0 Å². The van der Waals surface area contributed by atoms with Gasteiger partial charge in [-0.2, -0.15) is 0 Å². The number of rotatable bonds is 7. The minimum atomic E-state index is 0.0397. The highest BCUT2D eigenvalue weighted by molar-refractivity contribution is 5.81. The second kappa shape index (κ2) is 10.3. The van der Waals surface area contributed by atoms with Gasteiger partial charge in [0, 0.05) is 50.1 Å². The van der Waals surface area contributed by atoms with Crippen molar-refractivity contribution in [2.75, 3.05) is 26.2 Å². The van der Waals surface area contributed by atoms with Crippen molar-refractivity contribution in [2.24, 2.45) is 10.9 Å². The number of aromatic nitrogens is 1. The number of aliphatic imine (C=N–C) groups is 1. The molecule has 30 heavy (non-hydrogen) atoms. The summed E-state index contributed by atoms with van der Waals surface area (Å²) in [6.45, 7) is 10.9. The molecular weight excluding hydrogens is 378 g/mol. The predicted molar refractivity (Wildman–Crippen MR) is 119 cm³/mol.